The zero-order valence-electron chi connectivity index (χ0n) is 10.8. The van der Waals surface area contributed by atoms with Crippen LogP contribution >= 0.6 is 0 Å². The number of aromatic hydroxyl groups is 2. The second-order valence-electron chi connectivity index (χ2n) is 3.97. The molecule has 0 fully saturated rings. The first kappa shape index (κ1) is 15.4. The fraction of sp³-hybridized carbons (Fsp3) is 0.462. The summed E-state index contributed by atoms with van der Waals surface area (Å²) in [4.78, 5) is 4.12. The predicted molar refractivity (Wildman–Crippen MR) is 69.9 cm³/mol. The van der Waals surface area contributed by atoms with Gasteiger partial charge < -0.3 is 15.3 Å². The van der Waals surface area contributed by atoms with E-state index in [4.69, 9.17) is 10.2 Å². The molecule has 0 unspecified atom stereocenters. The largest absolute Gasteiger partial charge is 0.508 e. The summed E-state index contributed by atoms with van der Waals surface area (Å²) in [6.45, 7) is 7.49. The number of rotatable bonds is 3. The van der Waals surface area contributed by atoms with E-state index >= 15 is 0 Å². The van der Waals surface area contributed by atoms with Crippen molar-refractivity contribution >= 4 is 6.21 Å². The Kier molecular flexibility index (Phi) is 6.28. The Hall–Kier alpha value is -1.55. The molecule has 96 valence electrons. The first-order chi connectivity index (χ1) is 7.94. The predicted octanol–water partition coefficient (Wildman–Crippen LogP) is 2.31. The summed E-state index contributed by atoms with van der Waals surface area (Å²) in [7, 11) is 0. The number of aliphatic hydroxyl groups is 1. The van der Waals surface area contributed by atoms with Crippen LogP contribution in [0, 0.1) is 0 Å². The Morgan fingerprint density at radius 2 is 1.82 bits per heavy atom. The van der Waals surface area contributed by atoms with Crippen molar-refractivity contribution in [2.45, 2.75) is 33.2 Å². The SMILES string of the molecule is CC.CC(C)(CO)N=Cc1ccc(O)cc1O. The van der Waals surface area contributed by atoms with Crippen molar-refractivity contribution < 1.29 is 15.3 Å². The van der Waals surface area contributed by atoms with Crippen molar-refractivity contribution in [3.05, 3.63) is 23.8 Å². The lowest BCUT2D eigenvalue weighted by molar-refractivity contribution is 0.223. The van der Waals surface area contributed by atoms with Gasteiger partial charge in [0.05, 0.1) is 12.1 Å². The molecule has 0 amide bonds. The molecule has 1 aromatic rings. The number of aliphatic hydroxyl groups excluding tert-OH is 1. The fourth-order valence-electron chi connectivity index (χ4n) is 0.926. The summed E-state index contributed by atoms with van der Waals surface area (Å²) in [6, 6.07) is 4.27. The Bertz CT molecular complexity index is 373. The monoisotopic (exact) mass is 239 g/mol. The molecule has 0 saturated heterocycles. The molecule has 4 nitrogen and oxygen atoms in total. The van der Waals surface area contributed by atoms with E-state index < -0.39 is 5.54 Å². The average molecular weight is 239 g/mol. The molecule has 0 bridgehead atoms. The van der Waals surface area contributed by atoms with Crippen LogP contribution in [-0.2, 0) is 0 Å². The summed E-state index contributed by atoms with van der Waals surface area (Å²) in [5.74, 6) is -0.0291. The second-order valence-corrected chi connectivity index (χ2v) is 3.97. The van der Waals surface area contributed by atoms with E-state index in [-0.39, 0.29) is 18.1 Å². The van der Waals surface area contributed by atoms with Crippen LogP contribution < -0.4 is 0 Å². The molecule has 0 aliphatic rings. The highest BCUT2D eigenvalue weighted by molar-refractivity contribution is 5.83. The highest BCUT2D eigenvalue weighted by atomic mass is 16.3. The van der Waals surface area contributed by atoms with Crippen molar-refractivity contribution in [3.63, 3.8) is 0 Å². The first-order valence-electron chi connectivity index (χ1n) is 5.63. The van der Waals surface area contributed by atoms with Crippen molar-refractivity contribution in [3.8, 4) is 11.5 Å². The average Bonchev–Trinajstić information content (AvgIpc) is 2.30. The van der Waals surface area contributed by atoms with Gasteiger partial charge in [-0.3, -0.25) is 4.99 Å². The molecule has 17 heavy (non-hydrogen) atoms. The molecule has 3 N–H and O–H groups in total. The molecule has 4 heteroatoms. The highest BCUT2D eigenvalue weighted by Crippen LogP contribution is 2.21. The van der Waals surface area contributed by atoms with E-state index in [0.717, 1.165) is 0 Å². The molecule has 0 saturated carbocycles. The van der Waals surface area contributed by atoms with E-state index in [0.29, 0.717) is 5.56 Å². The molecule has 1 rings (SSSR count). The normalized spacial score (nSPS) is 11.1. The number of benzene rings is 1. The minimum absolute atomic E-state index is 0.00562. The third-order valence-electron chi connectivity index (χ3n) is 1.95. The second kappa shape index (κ2) is 6.91. The van der Waals surface area contributed by atoms with Crippen LogP contribution in [-0.4, -0.2) is 33.7 Å². The van der Waals surface area contributed by atoms with Gasteiger partial charge in [-0.05, 0) is 26.0 Å². The molecule has 0 aliphatic carbocycles. The Balaban J connectivity index is 0.00000121. The first-order valence-corrected chi connectivity index (χ1v) is 5.63. The van der Waals surface area contributed by atoms with Crippen LogP contribution in [0.2, 0.25) is 0 Å². The van der Waals surface area contributed by atoms with Gasteiger partial charge in [0.1, 0.15) is 11.5 Å². The standard InChI is InChI=1S/C11H15NO3.C2H6/c1-11(2,7-13)12-6-8-3-4-9(14)5-10(8)15;1-2/h3-6,13-15H,7H2,1-2H3;1-2H3. The van der Waals surface area contributed by atoms with Gasteiger partial charge in [-0.1, -0.05) is 13.8 Å². The van der Waals surface area contributed by atoms with E-state index in [1.807, 2.05) is 13.8 Å². The zero-order chi connectivity index (χ0) is 13.5. The number of phenolic OH excluding ortho intramolecular Hbond substituents is 2. The maximum Gasteiger partial charge on any atom is 0.128 e. The topological polar surface area (TPSA) is 73.1 Å². The molecule has 0 spiro atoms. The third kappa shape index (κ3) is 5.36. The lowest BCUT2D eigenvalue weighted by atomic mass is 10.1. The number of nitrogens with zero attached hydrogens (tertiary/aromatic N) is 1. The van der Waals surface area contributed by atoms with Gasteiger partial charge in [0.2, 0.25) is 0 Å². The lowest BCUT2D eigenvalue weighted by Crippen LogP contribution is -2.21. The molecule has 0 radical (unpaired) electrons. The summed E-state index contributed by atoms with van der Waals surface area (Å²) < 4.78 is 0. The molecule has 1 aromatic carbocycles. The Labute approximate surface area is 102 Å². The van der Waals surface area contributed by atoms with Gasteiger partial charge in [-0.15, -0.1) is 0 Å². The van der Waals surface area contributed by atoms with Crippen molar-refractivity contribution in [2.75, 3.05) is 6.61 Å². The third-order valence-corrected chi connectivity index (χ3v) is 1.95. The lowest BCUT2D eigenvalue weighted by Gasteiger charge is -2.15. The van der Waals surface area contributed by atoms with Crippen LogP contribution in [0.1, 0.15) is 33.3 Å². The van der Waals surface area contributed by atoms with Crippen LogP contribution in [0.4, 0.5) is 0 Å². The van der Waals surface area contributed by atoms with Crippen LogP contribution in [0.5, 0.6) is 11.5 Å². The molecular weight excluding hydrogens is 218 g/mol. The van der Waals surface area contributed by atoms with Crippen molar-refractivity contribution in [2.24, 2.45) is 4.99 Å². The van der Waals surface area contributed by atoms with E-state index in [2.05, 4.69) is 4.99 Å². The number of hydrogen-bond donors (Lipinski definition) is 3. The van der Waals surface area contributed by atoms with Gasteiger partial charge >= 0.3 is 0 Å². The van der Waals surface area contributed by atoms with E-state index in [9.17, 15) is 5.11 Å². The molecular formula is C13H21NO3. The molecule has 0 aliphatic heterocycles. The minimum atomic E-state index is -0.565. The molecule has 0 atom stereocenters. The zero-order valence-corrected chi connectivity index (χ0v) is 10.8. The van der Waals surface area contributed by atoms with Crippen molar-refractivity contribution in [1.82, 2.24) is 0 Å². The van der Waals surface area contributed by atoms with Gasteiger partial charge in [0, 0.05) is 17.8 Å². The summed E-state index contributed by atoms with van der Waals surface area (Å²) >= 11 is 0. The number of aliphatic imine (C=N–C) groups is 1. The van der Waals surface area contributed by atoms with E-state index in [1.54, 1.807) is 19.9 Å². The van der Waals surface area contributed by atoms with Gasteiger partial charge in [0.15, 0.2) is 0 Å². The Morgan fingerprint density at radius 3 is 2.29 bits per heavy atom. The van der Waals surface area contributed by atoms with Crippen LogP contribution in [0.25, 0.3) is 0 Å². The smallest absolute Gasteiger partial charge is 0.128 e. The fourth-order valence-corrected chi connectivity index (χ4v) is 0.926. The van der Waals surface area contributed by atoms with Gasteiger partial charge in [-0.2, -0.15) is 0 Å². The maximum atomic E-state index is 9.45. The van der Waals surface area contributed by atoms with E-state index in [1.165, 1.54) is 18.3 Å². The quantitative estimate of drug-likeness (QED) is 0.709. The van der Waals surface area contributed by atoms with Crippen LogP contribution in [0.15, 0.2) is 23.2 Å². The summed E-state index contributed by atoms with van der Waals surface area (Å²) in [5.41, 5.74) is -0.0565. The summed E-state index contributed by atoms with van der Waals surface area (Å²) in [5, 5.41) is 27.5. The summed E-state index contributed by atoms with van der Waals surface area (Å²) in [6.07, 6.45) is 1.48. The molecule has 0 aromatic heterocycles. The van der Waals surface area contributed by atoms with Gasteiger partial charge in [0.25, 0.3) is 0 Å². The van der Waals surface area contributed by atoms with Crippen molar-refractivity contribution in [1.29, 1.82) is 0 Å². The minimum Gasteiger partial charge on any atom is -0.508 e. The maximum absolute atomic E-state index is 9.45. The Morgan fingerprint density at radius 1 is 1.24 bits per heavy atom. The molecule has 0 heterocycles. The highest BCUT2D eigenvalue weighted by Gasteiger charge is 2.12. The van der Waals surface area contributed by atoms with Gasteiger partial charge in [-0.25, -0.2) is 0 Å². The van der Waals surface area contributed by atoms with Crippen LogP contribution in [0.3, 0.4) is 0 Å². The number of phenols is 2. The number of hydrogen-bond acceptors (Lipinski definition) is 4.